The van der Waals surface area contributed by atoms with Crippen molar-refractivity contribution in [1.29, 1.82) is 0 Å². The Morgan fingerprint density at radius 1 is 1.38 bits per heavy atom. The second kappa shape index (κ2) is 2.90. The molecule has 2 aromatic rings. The van der Waals surface area contributed by atoms with Crippen molar-refractivity contribution in [3.8, 4) is 11.3 Å². The Hall–Kier alpha value is -1.84. The zero-order valence-corrected chi connectivity index (χ0v) is 7.31. The molecule has 0 fully saturated rings. The van der Waals surface area contributed by atoms with Crippen LogP contribution in [0.15, 0.2) is 30.9 Å². The Labute approximate surface area is 76.1 Å². The molecule has 4 heteroatoms. The Bertz CT molecular complexity index is 419. The van der Waals surface area contributed by atoms with Crippen LogP contribution in [0.4, 0.5) is 5.82 Å². The fraction of sp³-hybridized carbons (Fsp3) is 0.111. The van der Waals surface area contributed by atoms with Gasteiger partial charge in [0.1, 0.15) is 12.1 Å². The van der Waals surface area contributed by atoms with Gasteiger partial charge in [-0.3, -0.25) is 0 Å². The first-order valence-electron chi connectivity index (χ1n) is 3.95. The maximum Gasteiger partial charge on any atom is 0.127 e. The highest BCUT2D eigenvalue weighted by molar-refractivity contribution is 5.60. The first-order valence-corrected chi connectivity index (χ1v) is 3.95. The number of rotatable bonds is 1. The van der Waals surface area contributed by atoms with Crippen LogP contribution in [0.3, 0.4) is 0 Å². The van der Waals surface area contributed by atoms with Gasteiger partial charge in [-0.1, -0.05) is 0 Å². The minimum atomic E-state index is 0.494. The molecule has 0 aromatic carbocycles. The molecule has 66 valence electrons. The smallest absolute Gasteiger partial charge is 0.127 e. The molecule has 0 aliphatic rings. The van der Waals surface area contributed by atoms with E-state index in [1.165, 1.54) is 6.33 Å². The Balaban J connectivity index is 2.46. The van der Waals surface area contributed by atoms with Crippen LogP contribution in [0.5, 0.6) is 0 Å². The van der Waals surface area contributed by atoms with Crippen LogP contribution < -0.4 is 5.73 Å². The fourth-order valence-electron chi connectivity index (χ4n) is 1.19. The number of hydrogen-bond donors (Lipinski definition) is 1. The van der Waals surface area contributed by atoms with E-state index in [1.807, 2.05) is 30.1 Å². The molecule has 0 spiro atoms. The van der Waals surface area contributed by atoms with Gasteiger partial charge in [0.25, 0.3) is 0 Å². The minimum Gasteiger partial charge on any atom is -0.384 e. The van der Waals surface area contributed by atoms with Gasteiger partial charge in [-0.05, 0) is 6.07 Å². The molecule has 4 nitrogen and oxygen atoms in total. The third-order valence-electron chi connectivity index (χ3n) is 1.82. The summed E-state index contributed by atoms with van der Waals surface area (Å²) in [5.74, 6) is 0.494. The lowest BCUT2D eigenvalue weighted by Crippen LogP contribution is -1.91. The lowest BCUT2D eigenvalue weighted by molar-refractivity contribution is 0.928. The summed E-state index contributed by atoms with van der Waals surface area (Å²) in [6, 6.07) is 3.75. The topological polar surface area (TPSA) is 56.7 Å². The summed E-state index contributed by atoms with van der Waals surface area (Å²) in [5.41, 5.74) is 7.45. The zero-order chi connectivity index (χ0) is 9.26. The van der Waals surface area contributed by atoms with Gasteiger partial charge in [-0.2, -0.15) is 0 Å². The van der Waals surface area contributed by atoms with Crippen LogP contribution in [0, 0.1) is 0 Å². The molecule has 0 amide bonds. The summed E-state index contributed by atoms with van der Waals surface area (Å²) in [7, 11) is 1.97. The van der Waals surface area contributed by atoms with Gasteiger partial charge in [0, 0.05) is 31.1 Å². The Kier molecular flexibility index (Phi) is 1.73. The van der Waals surface area contributed by atoms with Gasteiger partial charge in [0.2, 0.25) is 0 Å². The monoisotopic (exact) mass is 174 g/mol. The Morgan fingerprint density at radius 3 is 2.85 bits per heavy atom. The number of aromatic nitrogens is 3. The van der Waals surface area contributed by atoms with E-state index in [0.29, 0.717) is 5.82 Å². The highest BCUT2D eigenvalue weighted by Crippen LogP contribution is 2.16. The third kappa shape index (κ3) is 1.51. The maximum absolute atomic E-state index is 5.54. The molecule has 0 unspecified atom stereocenters. The van der Waals surface area contributed by atoms with Crippen LogP contribution >= 0.6 is 0 Å². The van der Waals surface area contributed by atoms with Crippen molar-refractivity contribution in [3.05, 3.63) is 30.9 Å². The van der Waals surface area contributed by atoms with Gasteiger partial charge >= 0.3 is 0 Å². The predicted octanol–water partition coefficient (Wildman–Crippen LogP) is 1.06. The quantitative estimate of drug-likeness (QED) is 0.703. The zero-order valence-electron chi connectivity index (χ0n) is 7.31. The number of nitrogens with two attached hydrogens (primary N) is 1. The van der Waals surface area contributed by atoms with Crippen molar-refractivity contribution in [3.63, 3.8) is 0 Å². The normalized spacial score (nSPS) is 10.2. The molecule has 0 atom stereocenters. The van der Waals surface area contributed by atoms with E-state index in [4.69, 9.17) is 5.73 Å². The van der Waals surface area contributed by atoms with E-state index in [-0.39, 0.29) is 0 Å². The summed E-state index contributed by atoms with van der Waals surface area (Å²) in [6.45, 7) is 0. The van der Waals surface area contributed by atoms with Gasteiger partial charge < -0.3 is 10.3 Å². The van der Waals surface area contributed by atoms with Crippen LogP contribution in [-0.2, 0) is 7.05 Å². The number of nitrogen functional groups attached to an aromatic ring is 1. The second-order valence-electron chi connectivity index (χ2n) is 2.89. The van der Waals surface area contributed by atoms with E-state index in [1.54, 1.807) is 6.07 Å². The first-order chi connectivity index (χ1) is 6.25. The molecule has 2 aromatic heterocycles. The summed E-state index contributed by atoms with van der Waals surface area (Å²) < 4.78 is 1.97. The molecule has 2 N–H and O–H groups in total. The maximum atomic E-state index is 5.54. The van der Waals surface area contributed by atoms with E-state index in [9.17, 15) is 0 Å². The molecule has 0 saturated carbocycles. The van der Waals surface area contributed by atoms with Gasteiger partial charge in [-0.25, -0.2) is 9.97 Å². The number of anilines is 1. The average molecular weight is 174 g/mol. The average Bonchev–Trinajstić information content (AvgIpc) is 2.52. The third-order valence-corrected chi connectivity index (χ3v) is 1.82. The first kappa shape index (κ1) is 7.79. The van der Waals surface area contributed by atoms with Crippen molar-refractivity contribution in [2.24, 2.45) is 7.05 Å². The summed E-state index contributed by atoms with van der Waals surface area (Å²) in [6.07, 6.45) is 5.42. The summed E-state index contributed by atoms with van der Waals surface area (Å²) in [5, 5.41) is 0. The predicted molar refractivity (Wildman–Crippen MR) is 50.9 cm³/mol. The number of hydrogen-bond acceptors (Lipinski definition) is 3. The lowest BCUT2D eigenvalue weighted by atomic mass is 10.2. The van der Waals surface area contributed by atoms with E-state index >= 15 is 0 Å². The SMILES string of the molecule is Cn1ccc(-c2cc(N)ncn2)c1. The Morgan fingerprint density at radius 2 is 2.23 bits per heavy atom. The van der Waals surface area contributed by atoms with Crippen LogP contribution in [0.2, 0.25) is 0 Å². The molecule has 0 aliphatic heterocycles. The molecule has 0 bridgehead atoms. The number of aryl methyl sites for hydroxylation is 1. The fourth-order valence-corrected chi connectivity index (χ4v) is 1.19. The van der Waals surface area contributed by atoms with Gasteiger partial charge in [-0.15, -0.1) is 0 Å². The highest BCUT2D eigenvalue weighted by Gasteiger charge is 2.00. The van der Waals surface area contributed by atoms with E-state index in [0.717, 1.165) is 11.3 Å². The molecule has 0 radical (unpaired) electrons. The molecular formula is C9H10N4. The van der Waals surface area contributed by atoms with Gasteiger partial charge in [0.05, 0.1) is 5.69 Å². The van der Waals surface area contributed by atoms with Crippen LogP contribution in [-0.4, -0.2) is 14.5 Å². The van der Waals surface area contributed by atoms with Crippen LogP contribution in [0.1, 0.15) is 0 Å². The second-order valence-corrected chi connectivity index (χ2v) is 2.89. The van der Waals surface area contributed by atoms with E-state index in [2.05, 4.69) is 9.97 Å². The van der Waals surface area contributed by atoms with E-state index < -0.39 is 0 Å². The standard InChI is InChI=1S/C9H10N4/c1-13-3-2-7(5-13)8-4-9(10)12-6-11-8/h2-6H,1H3,(H2,10,11,12). The van der Waals surface area contributed by atoms with Crippen molar-refractivity contribution >= 4 is 5.82 Å². The van der Waals surface area contributed by atoms with Crippen molar-refractivity contribution in [2.45, 2.75) is 0 Å². The molecular weight excluding hydrogens is 164 g/mol. The minimum absolute atomic E-state index is 0.494. The van der Waals surface area contributed by atoms with Crippen molar-refractivity contribution in [1.82, 2.24) is 14.5 Å². The molecule has 2 rings (SSSR count). The lowest BCUT2D eigenvalue weighted by Gasteiger charge is -1.96. The largest absolute Gasteiger partial charge is 0.384 e. The van der Waals surface area contributed by atoms with Gasteiger partial charge in [0.15, 0.2) is 0 Å². The highest BCUT2D eigenvalue weighted by atomic mass is 14.9. The van der Waals surface area contributed by atoms with Crippen LogP contribution in [0.25, 0.3) is 11.3 Å². The molecule has 0 aliphatic carbocycles. The summed E-state index contributed by atoms with van der Waals surface area (Å²) in [4.78, 5) is 7.95. The number of nitrogens with zero attached hydrogens (tertiary/aromatic N) is 3. The van der Waals surface area contributed by atoms with Crippen molar-refractivity contribution < 1.29 is 0 Å². The molecule has 13 heavy (non-hydrogen) atoms. The summed E-state index contributed by atoms with van der Waals surface area (Å²) >= 11 is 0. The van der Waals surface area contributed by atoms with Crippen molar-refractivity contribution in [2.75, 3.05) is 5.73 Å². The molecule has 0 saturated heterocycles. The molecule has 2 heterocycles.